The molecule has 0 aromatic carbocycles. The van der Waals surface area contributed by atoms with Crippen molar-refractivity contribution < 1.29 is 229 Å². The van der Waals surface area contributed by atoms with Crippen LogP contribution in [0.15, 0.2) is 47.7 Å². The molecule has 0 aliphatic carbocycles. The number of aliphatic imine (C=N–C) groups is 6. The molecule has 14 rings (SSSR count). The molecule has 29 heteroatoms. The van der Waals surface area contributed by atoms with Crippen molar-refractivity contribution in [2.75, 3.05) is 85.5 Å². The van der Waals surface area contributed by atoms with Crippen LogP contribution in [-0.2, 0) is 295 Å². The molecule has 10 aliphatic heterocycles. The Balaban J connectivity index is -0.000000112. The van der Waals surface area contributed by atoms with Crippen LogP contribution in [0.3, 0.4) is 0 Å². The third kappa shape index (κ3) is 49.1. The molecular formula is C82H162N21SY7-3. The van der Waals surface area contributed by atoms with E-state index in [0.717, 1.165) is 136 Å². The number of piperidine rings is 3. The first-order valence-electron chi connectivity index (χ1n) is 39.4. The molecule has 3 fully saturated rings. The number of H-pyrrole nitrogens is 1. The molecule has 4 aromatic rings. The number of aryl methyl sites for hydroxylation is 2. The van der Waals surface area contributed by atoms with E-state index in [1.165, 1.54) is 80.3 Å². The van der Waals surface area contributed by atoms with Gasteiger partial charge in [0.1, 0.15) is 20.0 Å². The maximum absolute atomic E-state index is 4.43. The molecule has 21 nitrogen and oxygen atoms in total. The number of hydrogen-bond acceptors (Lipinski definition) is 19. The molecule has 0 spiro atoms. The van der Waals surface area contributed by atoms with Crippen LogP contribution in [0.2, 0.25) is 0 Å². The zero-order valence-corrected chi connectivity index (χ0v) is 97.3. The van der Waals surface area contributed by atoms with Crippen LogP contribution in [0.1, 0.15) is 266 Å². The van der Waals surface area contributed by atoms with E-state index in [1.807, 2.05) is 122 Å². The van der Waals surface area contributed by atoms with Crippen molar-refractivity contribution in [1.82, 2.24) is 73.6 Å². The van der Waals surface area contributed by atoms with E-state index in [9.17, 15) is 0 Å². The summed E-state index contributed by atoms with van der Waals surface area (Å²) in [7, 11) is 3.88. The second-order valence-corrected chi connectivity index (χ2v) is 26.9. The smallest absolute Gasteiger partial charge is 0.130 e. The number of hydrogen-bond donors (Lipinski definition) is 1. The van der Waals surface area contributed by atoms with Gasteiger partial charge in [-0.15, -0.1) is 0 Å². The van der Waals surface area contributed by atoms with Gasteiger partial charge in [0.05, 0.1) is 63.2 Å². The monoisotopic (exact) mass is 2100 g/mol. The largest absolute Gasteiger partial charge is 0.358 e. The third-order valence-corrected chi connectivity index (χ3v) is 18.8. The fourth-order valence-electron chi connectivity index (χ4n) is 12.1. The van der Waals surface area contributed by atoms with Crippen molar-refractivity contribution in [3.05, 3.63) is 85.2 Å². The molecule has 625 valence electrons. The summed E-state index contributed by atoms with van der Waals surface area (Å²) < 4.78 is 6.29. The van der Waals surface area contributed by atoms with E-state index < -0.39 is 0 Å². The number of nitrogens with zero attached hydrogens (tertiary/aromatic N) is 20. The molecule has 0 unspecified atom stereocenters. The van der Waals surface area contributed by atoms with E-state index in [0.29, 0.717) is 62.3 Å². The zero-order chi connectivity index (χ0) is 75.6. The van der Waals surface area contributed by atoms with Crippen molar-refractivity contribution >= 4 is 45.8 Å². The summed E-state index contributed by atoms with van der Waals surface area (Å²) in [6.45, 7) is 76.6. The molecule has 1 N–H and O–H groups in total. The Morgan fingerprint density at radius 3 is 0.982 bits per heavy atom. The minimum atomic E-state index is 0. The summed E-state index contributed by atoms with van der Waals surface area (Å²) >= 11 is 1.59. The first-order chi connectivity index (χ1) is 48.2. The van der Waals surface area contributed by atoms with Crippen LogP contribution in [0.4, 0.5) is 0 Å². The van der Waals surface area contributed by atoms with Crippen LogP contribution >= 0.6 is 11.5 Å². The second kappa shape index (κ2) is 79.8. The van der Waals surface area contributed by atoms with E-state index in [4.69, 9.17) is 0 Å². The number of aromatic amines is 1. The number of likely N-dealkylation sites (tertiary alicyclic amines) is 3. The fourth-order valence-corrected chi connectivity index (χ4v) is 12.8. The van der Waals surface area contributed by atoms with Gasteiger partial charge in [0.15, 0.2) is 0 Å². The maximum Gasteiger partial charge on any atom is 0.130 e. The number of aromatic nitrogens is 8. The van der Waals surface area contributed by atoms with E-state index in [-0.39, 0.29) is 259 Å². The van der Waals surface area contributed by atoms with Gasteiger partial charge >= 0.3 is 0 Å². The molecule has 10 aliphatic rings. The number of rotatable bonds is 7. The van der Waals surface area contributed by atoms with Crippen molar-refractivity contribution in [3.63, 3.8) is 0 Å². The minimum Gasteiger partial charge on any atom is -0.358 e. The Kier molecular flexibility index (Phi) is 98.4. The Morgan fingerprint density at radius 1 is 0.324 bits per heavy atom. The number of nitrogens with one attached hydrogen (secondary N) is 1. The molecule has 3 saturated heterocycles. The van der Waals surface area contributed by atoms with Gasteiger partial charge in [0.25, 0.3) is 0 Å². The fraction of sp³-hybridized carbons (Fsp3) is 0.756. The Labute approximate surface area is 865 Å². The molecule has 4 aromatic heterocycles. The molecule has 111 heavy (non-hydrogen) atoms. The molecule has 7 radical (unpaired) electrons. The van der Waals surface area contributed by atoms with Gasteiger partial charge in [-0.2, -0.15) is 29.6 Å². The van der Waals surface area contributed by atoms with Crippen LogP contribution in [-0.4, -0.2) is 236 Å². The van der Waals surface area contributed by atoms with Gasteiger partial charge in [0, 0.05) is 456 Å². The standard InChI is InChI=1S/C10H17N3.C9H16N4.4C9H15N3.C9H14N2S.7C2H6.CH4.3CH3.7Y/c1-8(2)13-5-4-10-9(7-13)6-12(3)11-10;1-7(2)13-5-4-8-9(6-13)11-12(3)10-8;1-7(2)12-4-3-9-8(6-12)5-10-11-9;3*1-7(2)12-4-3-8-9(5-12)11-6-10-8;1-7(2)11-4-3-9-8(5-11)6-12-10-9;7*1-2;;;;;;;;;;;/h6,8H,4-5,7H2,1-3H3;7H,4-6H2,1-3H3;5,7H,3-4,6H2,1-2H3,(H,10,11);3*7H,3-6H2,1-2H3;6-7H,3-5H2,1-2H3;7*1-2H3;1H4;3*1H3;;;;;;;/q;;;;;;;;;;;;;;;3*-1;;;;;;;. The summed E-state index contributed by atoms with van der Waals surface area (Å²) in [5, 5.41) is 22.4. The van der Waals surface area contributed by atoms with E-state index >= 15 is 0 Å². The third-order valence-electron chi connectivity index (χ3n) is 18.1. The van der Waals surface area contributed by atoms with Crippen molar-refractivity contribution in [2.45, 2.75) is 315 Å². The first-order valence-corrected chi connectivity index (χ1v) is 40.3. The molecular weight excluding hydrogens is 1930 g/mol. The minimum absolute atomic E-state index is 0. The second-order valence-electron chi connectivity index (χ2n) is 26.3. The van der Waals surface area contributed by atoms with Gasteiger partial charge in [-0.1, -0.05) is 104 Å². The summed E-state index contributed by atoms with van der Waals surface area (Å²) in [6.07, 6.45) is 11.8. The quantitative estimate of drug-likeness (QED) is 0.173. The van der Waals surface area contributed by atoms with Crippen LogP contribution in [0, 0.1) is 22.3 Å². The Bertz CT molecular complexity index is 2760. The van der Waals surface area contributed by atoms with E-state index in [1.54, 1.807) is 16.3 Å². The normalized spacial score (nSPS) is 16.3. The Morgan fingerprint density at radius 2 is 0.613 bits per heavy atom. The average Bonchev–Trinajstić information content (AvgIpc) is 1.73. The molecule has 14 heterocycles. The van der Waals surface area contributed by atoms with Crippen molar-refractivity contribution in [3.8, 4) is 0 Å². The molecule has 0 saturated carbocycles. The van der Waals surface area contributed by atoms with Gasteiger partial charge in [-0.05, 0) is 108 Å². The topological polar surface area (TPSA) is 187 Å². The van der Waals surface area contributed by atoms with Gasteiger partial charge in [-0.25, -0.2) is 0 Å². The van der Waals surface area contributed by atoms with Gasteiger partial charge < -0.3 is 22.3 Å². The Hall–Kier alpha value is 2.66. The maximum atomic E-state index is 4.43. The first kappa shape index (κ1) is 137. The van der Waals surface area contributed by atoms with Crippen LogP contribution in [0.5, 0.6) is 0 Å². The summed E-state index contributed by atoms with van der Waals surface area (Å²) in [4.78, 5) is 45.0. The summed E-state index contributed by atoms with van der Waals surface area (Å²) in [5.41, 5.74) is 18.0. The summed E-state index contributed by atoms with van der Waals surface area (Å²) in [5.74, 6) is 0. The molecule has 0 amide bonds. The molecule has 0 atom stereocenters. The molecule has 0 bridgehead atoms. The predicted octanol–water partition coefficient (Wildman–Crippen LogP) is 16.9. The summed E-state index contributed by atoms with van der Waals surface area (Å²) in [6, 6.07) is 4.47. The van der Waals surface area contributed by atoms with Gasteiger partial charge in [0.2, 0.25) is 0 Å². The van der Waals surface area contributed by atoms with Gasteiger partial charge in [-0.3, -0.25) is 74.0 Å². The van der Waals surface area contributed by atoms with Crippen LogP contribution in [0.25, 0.3) is 0 Å². The number of fused-ring (bicyclic) bond motifs is 7. The predicted molar refractivity (Wildman–Crippen MR) is 461 cm³/mol. The van der Waals surface area contributed by atoms with Crippen molar-refractivity contribution in [2.24, 2.45) is 44.0 Å². The zero-order valence-electron chi connectivity index (χ0n) is 76.6. The van der Waals surface area contributed by atoms with Crippen LogP contribution < -0.4 is 0 Å². The van der Waals surface area contributed by atoms with E-state index in [2.05, 4.69) is 203 Å². The van der Waals surface area contributed by atoms with Crippen molar-refractivity contribution in [1.29, 1.82) is 0 Å². The SMILES string of the molecule is C.CC.CC.CC.CC.CC.CC.CC.CC(C)N1CCC2=NCN=C2C1.CC(C)N1CCC2=NCN=C2C1.CC(C)N1CCC2=NCN=C2C1.CC(C)N1CCc2[nH]ncc2C1.CC(C)N1CCc2nn(C)cc2C1.CC(C)N1CCc2nn(C)nc2C1.CC(C)N1CCc2nscc2C1.[CH3-].[CH3-].[CH3-].[Y].[Y].[Y].[Y].[Y].[Y].[Y]. The average molecular weight is 2100 g/mol.